The fourth-order valence-electron chi connectivity index (χ4n) is 6.41. The first-order chi connectivity index (χ1) is 15.3. The van der Waals surface area contributed by atoms with Crippen LogP contribution < -0.4 is 0 Å². The van der Waals surface area contributed by atoms with E-state index < -0.39 is 47.1 Å². The van der Waals surface area contributed by atoms with Crippen molar-refractivity contribution in [3.63, 3.8) is 0 Å². The number of ether oxygens (including phenoxy) is 2. The van der Waals surface area contributed by atoms with Gasteiger partial charge in [-0.2, -0.15) is 0 Å². The Balaban J connectivity index is 1.83. The standard InChI is InChI=1S/C25H36N2O6/c1-15(13-28)27-19-21(30)26(24(5,6)14-23(2,3)4)11-8-10-25(19)18(20(27)29)17-16(33-25)9-7-12-32-22(17)31/h7-10,15-19,28H,11-14H2,1-6H3/t15-,16+,17-,18+,19?,25+/m1/s1. The lowest BCUT2D eigenvalue weighted by molar-refractivity contribution is -0.156. The molecule has 4 heterocycles. The molecule has 6 atom stereocenters. The van der Waals surface area contributed by atoms with Crippen molar-refractivity contribution in [2.45, 2.75) is 77.3 Å². The van der Waals surface area contributed by atoms with E-state index in [2.05, 4.69) is 20.8 Å². The van der Waals surface area contributed by atoms with Crippen LogP contribution in [0.1, 0.15) is 48.0 Å². The van der Waals surface area contributed by atoms with Crippen molar-refractivity contribution in [2.24, 2.45) is 17.3 Å². The van der Waals surface area contributed by atoms with Crippen LogP contribution >= 0.6 is 0 Å². The highest BCUT2D eigenvalue weighted by Gasteiger charge is 2.72. The van der Waals surface area contributed by atoms with E-state index >= 15 is 0 Å². The summed E-state index contributed by atoms with van der Waals surface area (Å²) in [5.41, 5.74) is -1.79. The van der Waals surface area contributed by atoms with Gasteiger partial charge in [0.15, 0.2) is 0 Å². The van der Waals surface area contributed by atoms with Gasteiger partial charge in [-0.3, -0.25) is 14.4 Å². The molecule has 4 aliphatic heterocycles. The van der Waals surface area contributed by atoms with Crippen molar-refractivity contribution < 1.29 is 29.0 Å². The highest BCUT2D eigenvalue weighted by Crippen LogP contribution is 2.54. The van der Waals surface area contributed by atoms with Crippen LogP contribution in [0.3, 0.4) is 0 Å². The molecular weight excluding hydrogens is 424 g/mol. The maximum atomic E-state index is 14.2. The molecule has 2 saturated heterocycles. The molecule has 8 heteroatoms. The summed E-state index contributed by atoms with van der Waals surface area (Å²) in [6.07, 6.45) is 7.29. The van der Waals surface area contributed by atoms with Crippen molar-refractivity contribution in [1.82, 2.24) is 9.80 Å². The molecular formula is C25H36N2O6. The number of hydrogen-bond donors (Lipinski definition) is 1. The van der Waals surface area contributed by atoms with Gasteiger partial charge in [0.25, 0.3) is 0 Å². The highest BCUT2D eigenvalue weighted by atomic mass is 16.6. The Kier molecular flexibility index (Phi) is 5.77. The summed E-state index contributed by atoms with van der Waals surface area (Å²) < 4.78 is 11.8. The second-order valence-electron chi connectivity index (χ2n) is 11.6. The summed E-state index contributed by atoms with van der Waals surface area (Å²) in [6, 6.07) is -1.57. The van der Waals surface area contributed by atoms with Gasteiger partial charge in [-0.15, -0.1) is 0 Å². The van der Waals surface area contributed by atoms with Gasteiger partial charge in [0.1, 0.15) is 24.2 Å². The summed E-state index contributed by atoms with van der Waals surface area (Å²) in [5, 5.41) is 9.95. The van der Waals surface area contributed by atoms with Gasteiger partial charge < -0.3 is 24.4 Å². The van der Waals surface area contributed by atoms with Gasteiger partial charge in [-0.05, 0) is 38.7 Å². The molecule has 1 spiro atoms. The van der Waals surface area contributed by atoms with E-state index in [1.54, 1.807) is 19.1 Å². The second-order valence-corrected chi connectivity index (χ2v) is 11.6. The van der Waals surface area contributed by atoms with Crippen molar-refractivity contribution in [1.29, 1.82) is 0 Å². The number of esters is 1. The van der Waals surface area contributed by atoms with Gasteiger partial charge in [-0.1, -0.05) is 39.0 Å². The van der Waals surface area contributed by atoms with Gasteiger partial charge in [0.2, 0.25) is 11.8 Å². The van der Waals surface area contributed by atoms with E-state index in [0.29, 0.717) is 6.54 Å². The molecule has 1 unspecified atom stereocenters. The van der Waals surface area contributed by atoms with Gasteiger partial charge >= 0.3 is 5.97 Å². The Morgan fingerprint density at radius 1 is 1.15 bits per heavy atom. The van der Waals surface area contributed by atoms with Crippen LogP contribution in [-0.4, -0.2) is 81.8 Å². The number of carbonyl (C=O) groups is 3. The van der Waals surface area contributed by atoms with Crippen LogP contribution in [0.5, 0.6) is 0 Å². The molecule has 0 bridgehead atoms. The number of fused-ring (bicyclic) bond motifs is 2. The number of nitrogens with zero attached hydrogens (tertiary/aromatic N) is 2. The van der Waals surface area contributed by atoms with Crippen LogP contribution in [0, 0.1) is 17.3 Å². The average Bonchev–Trinajstić information content (AvgIpc) is 3.00. The van der Waals surface area contributed by atoms with Crippen molar-refractivity contribution in [2.75, 3.05) is 19.8 Å². The Hall–Kier alpha value is -2.19. The first-order valence-corrected chi connectivity index (χ1v) is 11.8. The summed E-state index contributed by atoms with van der Waals surface area (Å²) in [7, 11) is 0. The molecule has 2 amide bonds. The third-order valence-corrected chi connectivity index (χ3v) is 7.28. The summed E-state index contributed by atoms with van der Waals surface area (Å²) >= 11 is 0. The van der Waals surface area contributed by atoms with Crippen LogP contribution in [0.25, 0.3) is 0 Å². The molecule has 8 nitrogen and oxygen atoms in total. The van der Waals surface area contributed by atoms with Crippen molar-refractivity contribution in [3.8, 4) is 0 Å². The maximum absolute atomic E-state index is 14.2. The molecule has 1 N–H and O–H groups in total. The number of aliphatic hydroxyl groups is 1. The van der Waals surface area contributed by atoms with Crippen LogP contribution in [0.4, 0.5) is 0 Å². The monoisotopic (exact) mass is 460 g/mol. The zero-order valence-corrected chi connectivity index (χ0v) is 20.4. The van der Waals surface area contributed by atoms with Gasteiger partial charge in [0, 0.05) is 12.1 Å². The molecule has 0 aliphatic carbocycles. The lowest BCUT2D eigenvalue weighted by Gasteiger charge is -2.45. The van der Waals surface area contributed by atoms with Crippen molar-refractivity contribution in [3.05, 3.63) is 24.3 Å². The summed E-state index contributed by atoms with van der Waals surface area (Å²) in [6.45, 7) is 12.4. The minimum atomic E-state index is -1.29. The average molecular weight is 461 g/mol. The number of hydrogen-bond acceptors (Lipinski definition) is 6. The molecule has 0 aromatic rings. The minimum Gasteiger partial charge on any atom is -0.461 e. The lowest BCUT2D eigenvalue weighted by atomic mass is 9.77. The third kappa shape index (κ3) is 3.71. The Bertz CT molecular complexity index is 903. The smallest absolute Gasteiger partial charge is 0.313 e. The second kappa shape index (κ2) is 7.94. The normalized spacial score (nSPS) is 35.1. The number of rotatable bonds is 4. The predicted molar refractivity (Wildman–Crippen MR) is 121 cm³/mol. The van der Waals surface area contributed by atoms with E-state index in [1.165, 1.54) is 4.90 Å². The third-order valence-electron chi connectivity index (χ3n) is 7.28. The molecule has 2 fully saturated rings. The molecule has 33 heavy (non-hydrogen) atoms. The number of cyclic esters (lactones) is 1. The largest absolute Gasteiger partial charge is 0.461 e. The van der Waals surface area contributed by atoms with Gasteiger partial charge in [-0.25, -0.2) is 0 Å². The fraction of sp³-hybridized carbons (Fsp3) is 0.720. The van der Waals surface area contributed by atoms with Crippen LogP contribution in [0.15, 0.2) is 24.3 Å². The molecule has 0 saturated carbocycles. The van der Waals surface area contributed by atoms with Crippen LogP contribution in [0.2, 0.25) is 0 Å². The fourth-order valence-corrected chi connectivity index (χ4v) is 6.41. The maximum Gasteiger partial charge on any atom is 0.313 e. The van der Waals surface area contributed by atoms with Crippen molar-refractivity contribution >= 4 is 17.8 Å². The predicted octanol–water partition coefficient (Wildman–Crippen LogP) is 1.67. The molecule has 182 valence electrons. The first kappa shape index (κ1) is 24.0. The molecule has 0 radical (unpaired) electrons. The summed E-state index contributed by atoms with van der Waals surface area (Å²) in [4.78, 5) is 44.2. The molecule has 4 aliphatic rings. The van der Waals surface area contributed by atoms with E-state index in [-0.39, 0.29) is 30.4 Å². The Morgan fingerprint density at radius 2 is 1.85 bits per heavy atom. The lowest BCUT2D eigenvalue weighted by Crippen LogP contribution is -2.61. The highest BCUT2D eigenvalue weighted by molar-refractivity contribution is 5.99. The Labute approximate surface area is 195 Å². The number of aliphatic hydroxyl groups excluding tert-OH is 1. The quantitative estimate of drug-likeness (QED) is 0.507. The zero-order chi connectivity index (χ0) is 24.3. The number of amides is 2. The van der Waals surface area contributed by atoms with E-state index in [4.69, 9.17) is 9.47 Å². The molecule has 4 rings (SSSR count). The number of likely N-dealkylation sites (tertiary alicyclic amines) is 1. The Morgan fingerprint density at radius 3 is 2.48 bits per heavy atom. The zero-order valence-electron chi connectivity index (χ0n) is 20.4. The molecule has 0 aromatic heterocycles. The van der Waals surface area contributed by atoms with E-state index in [9.17, 15) is 19.5 Å². The van der Waals surface area contributed by atoms with E-state index in [0.717, 1.165) is 6.42 Å². The van der Waals surface area contributed by atoms with Gasteiger partial charge in [0.05, 0.1) is 24.7 Å². The number of carbonyl (C=O) groups excluding carboxylic acids is 3. The first-order valence-electron chi connectivity index (χ1n) is 11.8. The van der Waals surface area contributed by atoms with E-state index in [1.807, 2.05) is 30.9 Å². The topological polar surface area (TPSA) is 96.4 Å². The molecule has 0 aromatic carbocycles. The summed E-state index contributed by atoms with van der Waals surface area (Å²) in [5.74, 6) is -2.79. The SMILES string of the molecule is C[C@H](CO)N1C(=O)[C@@H]2[C@@H]3C(=O)OCC=C[C@@H]3O[C@@]23C=CCN(C(C)(C)CC(C)(C)C)C(=O)C13. The van der Waals surface area contributed by atoms with Crippen LogP contribution in [-0.2, 0) is 23.9 Å². The minimum absolute atomic E-state index is 0.0187.